The van der Waals surface area contributed by atoms with Crippen molar-refractivity contribution in [3.63, 3.8) is 0 Å². The second-order valence-electron chi connectivity index (χ2n) is 9.36. The Morgan fingerprint density at radius 3 is 2.15 bits per heavy atom. The van der Waals surface area contributed by atoms with E-state index < -0.39 is 0 Å². The molecular formula is C34H40N2O5. The average molecular weight is 557 g/mol. The van der Waals surface area contributed by atoms with Crippen molar-refractivity contribution in [2.75, 3.05) is 14.2 Å². The van der Waals surface area contributed by atoms with Crippen LogP contribution in [0.25, 0.3) is 0 Å². The SMILES string of the molecule is CC=O.CNC(=O)c1ccccc1C.COc1cccc(Cn2c(C)cc(OCc3ccccc3C)c(C)c2=O)c1. The van der Waals surface area contributed by atoms with Crippen LogP contribution >= 0.6 is 0 Å². The van der Waals surface area contributed by atoms with Crippen molar-refractivity contribution in [3.8, 4) is 11.5 Å². The van der Waals surface area contributed by atoms with Gasteiger partial charge in [-0.15, -0.1) is 0 Å². The summed E-state index contributed by atoms with van der Waals surface area (Å²) in [6.07, 6.45) is 0.750. The zero-order valence-electron chi connectivity index (χ0n) is 25.0. The van der Waals surface area contributed by atoms with E-state index in [-0.39, 0.29) is 11.5 Å². The molecule has 216 valence electrons. The van der Waals surface area contributed by atoms with Gasteiger partial charge in [-0.25, -0.2) is 0 Å². The van der Waals surface area contributed by atoms with Gasteiger partial charge in [-0.05, 0) is 81.1 Å². The lowest BCUT2D eigenvalue weighted by Gasteiger charge is -2.16. The maximum Gasteiger partial charge on any atom is 0.257 e. The van der Waals surface area contributed by atoms with Crippen LogP contribution in [0.1, 0.15) is 50.8 Å². The van der Waals surface area contributed by atoms with E-state index >= 15 is 0 Å². The molecule has 0 spiro atoms. The van der Waals surface area contributed by atoms with E-state index in [0.29, 0.717) is 24.5 Å². The number of methoxy groups -OCH3 is 1. The number of benzene rings is 3. The van der Waals surface area contributed by atoms with Crippen molar-refractivity contribution in [1.29, 1.82) is 0 Å². The molecule has 1 N–H and O–H groups in total. The highest BCUT2D eigenvalue weighted by Crippen LogP contribution is 2.20. The lowest BCUT2D eigenvalue weighted by atomic mass is 10.1. The zero-order valence-corrected chi connectivity index (χ0v) is 25.0. The summed E-state index contributed by atoms with van der Waals surface area (Å²) < 4.78 is 13.0. The molecule has 41 heavy (non-hydrogen) atoms. The van der Waals surface area contributed by atoms with Crippen LogP contribution in [0.4, 0.5) is 0 Å². The predicted octanol–water partition coefficient (Wildman–Crippen LogP) is 5.97. The number of aldehydes is 1. The van der Waals surface area contributed by atoms with Crippen molar-refractivity contribution in [2.45, 2.75) is 47.8 Å². The molecule has 1 aromatic heterocycles. The summed E-state index contributed by atoms with van der Waals surface area (Å²) in [5.41, 5.74) is 6.53. The summed E-state index contributed by atoms with van der Waals surface area (Å²) in [7, 11) is 3.27. The van der Waals surface area contributed by atoms with Crippen molar-refractivity contribution in [1.82, 2.24) is 9.88 Å². The van der Waals surface area contributed by atoms with E-state index in [1.165, 1.54) is 12.5 Å². The minimum Gasteiger partial charge on any atom is -0.497 e. The van der Waals surface area contributed by atoms with Gasteiger partial charge in [-0.2, -0.15) is 0 Å². The third-order valence-corrected chi connectivity index (χ3v) is 6.44. The Morgan fingerprint density at radius 2 is 1.54 bits per heavy atom. The minimum absolute atomic E-state index is 0.0249. The van der Waals surface area contributed by atoms with E-state index in [4.69, 9.17) is 14.3 Å². The number of hydrogen-bond donors (Lipinski definition) is 1. The molecule has 1 amide bonds. The smallest absolute Gasteiger partial charge is 0.257 e. The quantitative estimate of drug-likeness (QED) is 0.284. The zero-order chi connectivity index (χ0) is 30.4. The van der Waals surface area contributed by atoms with E-state index in [0.717, 1.165) is 40.0 Å². The van der Waals surface area contributed by atoms with Crippen molar-refractivity contribution >= 4 is 12.2 Å². The van der Waals surface area contributed by atoms with Crippen LogP contribution in [0.3, 0.4) is 0 Å². The van der Waals surface area contributed by atoms with Crippen LogP contribution in [-0.4, -0.2) is 30.9 Å². The molecule has 0 aliphatic heterocycles. The van der Waals surface area contributed by atoms with Gasteiger partial charge in [0.05, 0.1) is 19.2 Å². The average Bonchev–Trinajstić information content (AvgIpc) is 2.98. The number of hydrogen-bond acceptors (Lipinski definition) is 5. The molecule has 3 aromatic carbocycles. The maximum absolute atomic E-state index is 12.9. The van der Waals surface area contributed by atoms with Crippen molar-refractivity contribution in [3.05, 3.63) is 128 Å². The van der Waals surface area contributed by atoms with E-state index in [1.54, 1.807) is 18.7 Å². The fourth-order valence-electron chi connectivity index (χ4n) is 4.03. The van der Waals surface area contributed by atoms with Gasteiger partial charge < -0.3 is 24.2 Å². The van der Waals surface area contributed by atoms with Crippen molar-refractivity contribution in [2.24, 2.45) is 0 Å². The molecule has 0 saturated carbocycles. The predicted molar refractivity (Wildman–Crippen MR) is 164 cm³/mol. The fourth-order valence-corrected chi connectivity index (χ4v) is 4.03. The first kappa shape index (κ1) is 32.6. The highest BCUT2D eigenvalue weighted by molar-refractivity contribution is 5.95. The van der Waals surface area contributed by atoms with Gasteiger partial charge in [0, 0.05) is 18.3 Å². The monoisotopic (exact) mass is 556 g/mol. The normalized spacial score (nSPS) is 9.83. The summed E-state index contributed by atoms with van der Waals surface area (Å²) in [4.78, 5) is 32.8. The molecule has 0 fully saturated rings. The summed E-state index contributed by atoms with van der Waals surface area (Å²) in [5, 5.41) is 2.58. The van der Waals surface area contributed by atoms with Gasteiger partial charge in [0.25, 0.3) is 11.5 Å². The molecule has 0 bridgehead atoms. The number of carbonyl (C=O) groups is 2. The molecular weight excluding hydrogens is 516 g/mol. The lowest BCUT2D eigenvalue weighted by Crippen LogP contribution is -2.25. The third kappa shape index (κ3) is 9.49. The first-order chi connectivity index (χ1) is 19.7. The topological polar surface area (TPSA) is 86.6 Å². The molecule has 0 aliphatic rings. The molecule has 7 nitrogen and oxygen atoms in total. The second kappa shape index (κ2) is 16.5. The molecule has 4 rings (SSSR count). The summed E-state index contributed by atoms with van der Waals surface area (Å²) >= 11 is 0. The molecule has 7 heteroatoms. The summed E-state index contributed by atoms with van der Waals surface area (Å²) in [6, 6.07) is 25.3. The first-order valence-corrected chi connectivity index (χ1v) is 13.4. The Kier molecular flexibility index (Phi) is 13.1. The largest absolute Gasteiger partial charge is 0.497 e. The van der Waals surface area contributed by atoms with Crippen LogP contribution in [-0.2, 0) is 17.9 Å². The number of nitrogens with one attached hydrogen (secondary N) is 1. The van der Waals surface area contributed by atoms with E-state index in [2.05, 4.69) is 18.3 Å². The van der Waals surface area contributed by atoms with Gasteiger partial charge in [0.2, 0.25) is 0 Å². The third-order valence-electron chi connectivity index (χ3n) is 6.44. The Bertz CT molecular complexity index is 1510. The number of aryl methyl sites for hydroxylation is 3. The molecule has 0 radical (unpaired) electrons. The Hall–Kier alpha value is -4.65. The van der Waals surface area contributed by atoms with Gasteiger partial charge in [-0.1, -0.05) is 54.6 Å². The van der Waals surface area contributed by atoms with Gasteiger partial charge in [0.15, 0.2) is 0 Å². The highest BCUT2D eigenvalue weighted by Gasteiger charge is 2.12. The number of nitrogens with zero attached hydrogens (tertiary/aromatic N) is 1. The van der Waals surface area contributed by atoms with Gasteiger partial charge in [0.1, 0.15) is 24.4 Å². The van der Waals surface area contributed by atoms with Crippen LogP contribution in [0.5, 0.6) is 11.5 Å². The highest BCUT2D eigenvalue weighted by atomic mass is 16.5. The number of aromatic nitrogens is 1. The molecule has 0 atom stereocenters. The van der Waals surface area contributed by atoms with Crippen molar-refractivity contribution < 1.29 is 19.1 Å². The van der Waals surface area contributed by atoms with Crippen LogP contribution in [0.15, 0.2) is 83.7 Å². The molecule has 1 heterocycles. The molecule has 0 saturated heterocycles. The number of ether oxygens (including phenoxy) is 2. The number of carbonyl (C=O) groups excluding carboxylic acids is 2. The van der Waals surface area contributed by atoms with Gasteiger partial charge >= 0.3 is 0 Å². The summed E-state index contributed by atoms with van der Waals surface area (Å²) in [6.45, 7) is 10.1. The molecule has 4 aromatic rings. The fraction of sp³-hybridized carbons (Fsp3) is 0.265. The molecule has 0 unspecified atom stereocenters. The second-order valence-corrected chi connectivity index (χ2v) is 9.36. The Morgan fingerprint density at radius 1 is 0.902 bits per heavy atom. The number of amides is 1. The number of rotatable bonds is 7. The van der Waals surface area contributed by atoms with E-state index in [9.17, 15) is 9.59 Å². The maximum atomic E-state index is 12.9. The first-order valence-electron chi connectivity index (χ1n) is 13.4. The van der Waals surface area contributed by atoms with Gasteiger partial charge in [-0.3, -0.25) is 9.59 Å². The Labute approximate surface area is 242 Å². The van der Waals surface area contributed by atoms with Crippen LogP contribution in [0, 0.1) is 27.7 Å². The lowest BCUT2D eigenvalue weighted by molar-refractivity contribution is -0.106. The summed E-state index contributed by atoms with van der Waals surface area (Å²) in [5.74, 6) is 1.40. The standard InChI is InChI=1S/C23H25NO3.C9H11NO.C2H4O/c1-16-8-5-6-10-20(16)15-27-22-12-17(2)24(23(25)18(22)3)14-19-9-7-11-21(13-19)26-4;1-7-5-3-4-6-8(7)9(11)10-2;1-2-3/h5-13H,14-15H2,1-4H3;3-6H,1-2H3,(H,10,11);2H,1H3. The van der Waals surface area contributed by atoms with E-state index in [1.807, 2.05) is 93.6 Å². The Balaban J connectivity index is 0.000000349. The van der Waals surface area contributed by atoms with Crippen LogP contribution in [0.2, 0.25) is 0 Å². The number of pyridine rings is 1. The minimum atomic E-state index is -0.0300. The van der Waals surface area contributed by atoms with Crippen LogP contribution < -0.4 is 20.3 Å². The molecule has 0 aliphatic carbocycles.